The molecule has 0 fully saturated rings. The quantitative estimate of drug-likeness (QED) is 0.126. The SMILES string of the molecule is O=C(N/N=C\c1cccc(OC(=O)c2ccco2)c1)/C(=C\c1cccs1)NC(=O)c1ccccc1. The Morgan fingerprint density at radius 3 is 2.54 bits per heavy atom. The Hall–Kier alpha value is -4.76. The van der Waals surface area contributed by atoms with E-state index in [1.165, 1.54) is 29.9 Å². The van der Waals surface area contributed by atoms with Gasteiger partial charge in [0.1, 0.15) is 11.4 Å². The lowest BCUT2D eigenvalue weighted by Crippen LogP contribution is -2.32. The van der Waals surface area contributed by atoms with E-state index in [0.29, 0.717) is 11.1 Å². The number of furan rings is 1. The molecule has 0 saturated heterocycles. The van der Waals surface area contributed by atoms with Gasteiger partial charge in [0.25, 0.3) is 11.8 Å². The van der Waals surface area contributed by atoms with Crippen molar-refractivity contribution < 1.29 is 23.5 Å². The predicted molar refractivity (Wildman–Crippen MR) is 132 cm³/mol. The van der Waals surface area contributed by atoms with Crippen LogP contribution in [-0.2, 0) is 4.79 Å². The van der Waals surface area contributed by atoms with Crippen molar-refractivity contribution in [2.45, 2.75) is 0 Å². The summed E-state index contributed by atoms with van der Waals surface area (Å²) in [5.41, 5.74) is 3.45. The standard InChI is InChI=1S/C26H19N3O5S/c30-24(19-8-2-1-3-9-19)28-22(16-21-11-6-14-35-21)25(31)29-27-17-18-7-4-10-20(15-18)34-26(32)23-12-5-13-33-23/h1-17H,(H,28,30)(H,29,31)/b22-16+,27-17-. The second-order valence-corrected chi connectivity index (χ2v) is 8.01. The molecule has 4 aromatic rings. The molecule has 0 aliphatic rings. The van der Waals surface area contributed by atoms with E-state index in [-0.39, 0.29) is 17.2 Å². The maximum absolute atomic E-state index is 12.8. The number of hydrogen-bond donors (Lipinski definition) is 2. The van der Waals surface area contributed by atoms with E-state index in [0.717, 1.165) is 4.88 Å². The van der Waals surface area contributed by atoms with Gasteiger partial charge in [-0.1, -0.05) is 36.4 Å². The zero-order chi connectivity index (χ0) is 24.5. The molecule has 0 spiro atoms. The molecular weight excluding hydrogens is 466 g/mol. The fourth-order valence-electron chi connectivity index (χ4n) is 2.89. The molecule has 0 atom stereocenters. The molecular formula is C26H19N3O5S. The summed E-state index contributed by atoms with van der Waals surface area (Å²) in [6.07, 6.45) is 4.35. The van der Waals surface area contributed by atoms with Crippen LogP contribution in [0.2, 0.25) is 0 Å². The van der Waals surface area contributed by atoms with E-state index in [1.54, 1.807) is 66.7 Å². The summed E-state index contributed by atoms with van der Waals surface area (Å²) in [5.74, 6) is -1.28. The lowest BCUT2D eigenvalue weighted by molar-refractivity contribution is -0.117. The zero-order valence-corrected chi connectivity index (χ0v) is 19.0. The number of carbonyl (C=O) groups is 3. The van der Waals surface area contributed by atoms with Crippen molar-refractivity contribution in [2.24, 2.45) is 5.10 Å². The number of hydrogen-bond acceptors (Lipinski definition) is 7. The van der Waals surface area contributed by atoms with Crippen molar-refractivity contribution in [1.29, 1.82) is 0 Å². The molecule has 8 nitrogen and oxygen atoms in total. The van der Waals surface area contributed by atoms with Gasteiger partial charge >= 0.3 is 5.97 Å². The Kier molecular flexibility index (Phi) is 7.62. The van der Waals surface area contributed by atoms with Crippen LogP contribution in [0, 0.1) is 0 Å². The molecule has 0 saturated carbocycles. The highest BCUT2D eigenvalue weighted by atomic mass is 32.1. The van der Waals surface area contributed by atoms with Gasteiger partial charge in [0.2, 0.25) is 5.76 Å². The van der Waals surface area contributed by atoms with Gasteiger partial charge in [0.15, 0.2) is 0 Å². The monoisotopic (exact) mass is 485 g/mol. The molecule has 35 heavy (non-hydrogen) atoms. The maximum Gasteiger partial charge on any atom is 0.379 e. The lowest BCUT2D eigenvalue weighted by atomic mass is 10.2. The molecule has 2 aromatic carbocycles. The number of hydrazone groups is 1. The molecule has 9 heteroatoms. The number of esters is 1. The minimum absolute atomic E-state index is 0.0413. The molecule has 0 aliphatic heterocycles. The number of nitrogens with zero attached hydrogens (tertiary/aromatic N) is 1. The van der Waals surface area contributed by atoms with Gasteiger partial charge < -0.3 is 14.5 Å². The van der Waals surface area contributed by atoms with Gasteiger partial charge in [-0.25, -0.2) is 10.2 Å². The molecule has 2 N–H and O–H groups in total. The van der Waals surface area contributed by atoms with E-state index < -0.39 is 17.8 Å². The first-order valence-electron chi connectivity index (χ1n) is 10.4. The van der Waals surface area contributed by atoms with Crippen LogP contribution in [0.15, 0.2) is 106 Å². The fraction of sp³-hybridized carbons (Fsp3) is 0. The van der Waals surface area contributed by atoms with Crippen LogP contribution < -0.4 is 15.5 Å². The average molecular weight is 486 g/mol. The van der Waals surface area contributed by atoms with Gasteiger partial charge in [0, 0.05) is 10.4 Å². The number of carbonyl (C=O) groups excluding carboxylic acids is 3. The third-order valence-corrected chi connectivity index (χ3v) is 5.35. The maximum atomic E-state index is 12.8. The van der Waals surface area contributed by atoms with Gasteiger partial charge in [-0.05, 0) is 59.5 Å². The Labute approximate surface area is 204 Å². The second-order valence-electron chi connectivity index (χ2n) is 7.03. The Morgan fingerprint density at radius 1 is 0.943 bits per heavy atom. The van der Waals surface area contributed by atoms with Gasteiger partial charge in [-0.15, -0.1) is 11.3 Å². The molecule has 0 bridgehead atoms. The molecule has 0 radical (unpaired) electrons. The minimum atomic E-state index is -0.630. The summed E-state index contributed by atoms with van der Waals surface area (Å²) < 4.78 is 10.3. The van der Waals surface area contributed by atoms with Gasteiger partial charge in [0.05, 0.1) is 12.5 Å². The molecule has 2 amide bonds. The Bertz CT molecular complexity index is 1360. The number of rotatable bonds is 8. The minimum Gasteiger partial charge on any atom is -0.457 e. The largest absolute Gasteiger partial charge is 0.457 e. The smallest absolute Gasteiger partial charge is 0.379 e. The van der Waals surface area contributed by atoms with Gasteiger partial charge in [-0.3, -0.25) is 9.59 Å². The number of ether oxygens (including phenoxy) is 1. The van der Waals surface area contributed by atoms with Crippen molar-refractivity contribution >= 4 is 41.4 Å². The van der Waals surface area contributed by atoms with E-state index >= 15 is 0 Å². The van der Waals surface area contributed by atoms with Crippen LogP contribution >= 0.6 is 11.3 Å². The van der Waals surface area contributed by atoms with Crippen LogP contribution in [0.25, 0.3) is 6.08 Å². The van der Waals surface area contributed by atoms with Crippen LogP contribution in [0.1, 0.15) is 31.4 Å². The summed E-state index contributed by atoms with van der Waals surface area (Å²) in [4.78, 5) is 38.2. The number of nitrogens with one attached hydrogen (secondary N) is 2. The lowest BCUT2D eigenvalue weighted by Gasteiger charge is -2.08. The van der Waals surface area contributed by atoms with Crippen molar-refractivity contribution in [3.05, 3.63) is 118 Å². The zero-order valence-electron chi connectivity index (χ0n) is 18.2. The van der Waals surface area contributed by atoms with Crippen LogP contribution in [-0.4, -0.2) is 24.0 Å². The topological polar surface area (TPSA) is 110 Å². The van der Waals surface area contributed by atoms with Gasteiger partial charge in [-0.2, -0.15) is 5.10 Å². The first-order chi connectivity index (χ1) is 17.1. The number of amides is 2. The first kappa shape index (κ1) is 23.4. The van der Waals surface area contributed by atoms with Crippen molar-refractivity contribution in [1.82, 2.24) is 10.7 Å². The van der Waals surface area contributed by atoms with Crippen molar-refractivity contribution in [3.8, 4) is 5.75 Å². The fourth-order valence-corrected chi connectivity index (χ4v) is 3.55. The third-order valence-electron chi connectivity index (χ3n) is 4.53. The van der Waals surface area contributed by atoms with Crippen molar-refractivity contribution in [2.75, 3.05) is 0 Å². The molecule has 4 rings (SSSR count). The summed E-state index contributed by atoms with van der Waals surface area (Å²) in [7, 11) is 0. The van der Waals surface area contributed by atoms with E-state index in [2.05, 4.69) is 15.8 Å². The average Bonchev–Trinajstić information content (AvgIpc) is 3.59. The van der Waals surface area contributed by atoms with E-state index in [1.807, 2.05) is 17.5 Å². The van der Waals surface area contributed by atoms with E-state index in [4.69, 9.17) is 9.15 Å². The Balaban J connectivity index is 1.43. The molecule has 0 unspecified atom stereocenters. The first-order valence-corrected chi connectivity index (χ1v) is 11.3. The highest BCUT2D eigenvalue weighted by molar-refractivity contribution is 7.10. The second kappa shape index (κ2) is 11.4. The van der Waals surface area contributed by atoms with E-state index in [9.17, 15) is 14.4 Å². The molecule has 2 heterocycles. The number of thiophene rings is 1. The van der Waals surface area contributed by atoms with Crippen LogP contribution in [0.5, 0.6) is 5.75 Å². The summed E-state index contributed by atoms with van der Waals surface area (Å²) in [5, 5.41) is 8.48. The van der Waals surface area contributed by atoms with Crippen LogP contribution in [0.4, 0.5) is 0 Å². The Morgan fingerprint density at radius 2 is 1.80 bits per heavy atom. The molecule has 0 aliphatic carbocycles. The van der Waals surface area contributed by atoms with Crippen LogP contribution in [0.3, 0.4) is 0 Å². The summed E-state index contributed by atoms with van der Waals surface area (Å²) >= 11 is 1.42. The summed E-state index contributed by atoms with van der Waals surface area (Å²) in [6, 6.07) is 21.9. The number of benzene rings is 2. The third kappa shape index (κ3) is 6.62. The normalized spacial score (nSPS) is 11.3. The summed E-state index contributed by atoms with van der Waals surface area (Å²) in [6.45, 7) is 0. The highest BCUT2D eigenvalue weighted by Crippen LogP contribution is 2.15. The molecule has 174 valence electrons. The predicted octanol–water partition coefficient (Wildman–Crippen LogP) is 4.48. The highest BCUT2D eigenvalue weighted by Gasteiger charge is 2.15. The molecule has 2 aromatic heterocycles. The van der Waals surface area contributed by atoms with Crippen molar-refractivity contribution in [3.63, 3.8) is 0 Å².